The van der Waals surface area contributed by atoms with Crippen LogP contribution in [0.15, 0.2) is 47.4 Å². The summed E-state index contributed by atoms with van der Waals surface area (Å²) in [6.45, 7) is 0. The fraction of sp³-hybridized carbons (Fsp3) is 0.211. The van der Waals surface area contributed by atoms with E-state index in [0.717, 1.165) is 6.26 Å². The zero-order chi connectivity index (χ0) is 19.3. The van der Waals surface area contributed by atoms with Crippen LogP contribution in [0, 0.1) is 0 Å². The Morgan fingerprint density at radius 3 is 1.88 bits per heavy atom. The molecule has 138 valence electrons. The molecule has 0 aliphatic heterocycles. The predicted molar refractivity (Wildman–Crippen MR) is 99.0 cm³/mol. The molecule has 0 heterocycles. The van der Waals surface area contributed by atoms with Gasteiger partial charge in [-0.1, -0.05) is 18.2 Å². The number of sulfone groups is 1. The van der Waals surface area contributed by atoms with Gasteiger partial charge in [-0.15, -0.1) is 0 Å². The van der Waals surface area contributed by atoms with Crippen LogP contribution in [0.3, 0.4) is 0 Å². The molecule has 7 heteroatoms. The predicted octanol–water partition coefficient (Wildman–Crippen LogP) is 3.01. The number of carbonyl (C=O) groups is 1. The molecule has 0 aromatic heterocycles. The molecule has 0 atom stereocenters. The minimum absolute atomic E-state index is 0.227. The standard InChI is InChI=1S/C19H20O6S/c1-23-17-11-14(12-18(24-2)19(17)25-3)16(20)10-7-13-5-8-15(9-6-13)26(4,21)22/h5-12H,1-4H3/b10-7+. The van der Waals surface area contributed by atoms with Gasteiger partial charge in [0, 0.05) is 11.8 Å². The first-order valence-electron chi connectivity index (χ1n) is 7.62. The van der Waals surface area contributed by atoms with E-state index in [0.29, 0.717) is 28.4 Å². The molecule has 0 saturated carbocycles. The molecule has 0 aliphatic rings. The lowest BCUT2D eigenvalue weighted by molar-refractivity contribution is 0.104. The van der Waals surface area contributed by atoms with Gasteiger partial charge in [-0.2, -0.15) is 0 Å². The van der Waals surface area contributed by atoms with Gasteiger partial charge >= 0.3 is 0 Å². The van der Waals surface area contributed by atoms with Gasteiger partial charge < -0.3 is 14.2 Å². The molecule has 0 fully saturated rings. The van der Waals surface area contributed by atoms with Crippen LogP contribution < -0.4 is 14.2 Å². The normalized spacial score (nSPS) is 11.4. The third-order valence-electron chi connectivity index (χ3n) is 3.68. The number of methoxy groups -OCH3 is 3. The quantitative estimate of drug-likeness (QED) is 0.546. The van der Waals surface area contributed by atoms with Crippen molar-refractivity contribution in [2.75, 3.05) is 27.6 Å². The molecule has 0 radical (unpaired) electrons. The highest BCUT2D eigenvalue weighted by molar-refractivity contribution is 7.90. The van der Waals surface area contributed by atoms with Crippen LogP contribution in [0.2, 0.25) is 0 Å². The van der Waals surface area contributed by atoms with Crippen molar-refractivity contribution in [1.29, 1.82) is 0 Å². The summed E-state index contributed by atoms with van der Waals surface area (Å²) in [4.78, 5) is 12.7. The van der Waals surface area contributed by atoms with Crippen LogP contribution >= 0.6 is 0 Å². The van der Waals surface area contributed by atoms with Crippen molar-refractivity contribution in [3.05, 3.63) is 53.6 Å². The van der Waals surface area contributed by atoms with Crippen molar-refractivity contribution in [2.24, 2.45) is 0 Å². The van der Waals surface area contributed by atoms with E-state index in [1.54, 1.807) is 30.3 Å². The van der Waals surface area contributed by atoms with E-state index in [9.17, 15) is 13.2 Å². The number of hydrogen-bond donors (Lipinski definition) is 0. The van der Waals surface area contributed by atoms with Crippen molar-refractivity contribution in [1.82, 2.24) is 0 Å². The number of rotatable bonds is 7. The highest BCUT2D eigenvalue weighted by Crippen LogP contribution is 2.38. The average molecular weight is 376 g/mol. The summed E-state index contributed by atoms with van der Waals surface area (Å²) in [5, 5.41) is 0. The zero-order valence-electron chi connectivity index (χ0n) is 15.0. The molecule has 0 bridgehead atoms. The Morgan fingerprint density at radius 2 is 1.46 bits per heavy atom. The second-order valence-electron chi connectivity index (χ2n) is 5.45. The summed E-state index contributed by atoms with van der Waals surface area (Å²) >= 11 is 0. The SMILES string of the molecule is COc1cc(C(=O)/C=C/c2ccc(S(C)(=O)=O)cc2)cc(OC)c1OC. The van der Waals surface area contributed by atoms with Gasteiger partial charge in [-0.3, -0.25) is 4.79 Å². The van der Waals surface area contributed by atoms with Gasteiger partial charge in [0.1, 0.15) is 0 Å². The van der Waals surface area contributed by atoms with Crippen LogP contribution in [-0.4, -0.2) is 41.8 Å². The topological polar surface area (TPSA) is 78.9 Å². The summed E-state index contributed by atoms with van der Waals surface area (Å²) in [5.74, 6) is 0.936. The monoisotopic (exact) mass is 376 g/mol. The largest absolute Gasteiger partial charge is 0.493 e. The maximum absolute atomic E-state index is 12.4. The van der Waals surface area contributed by atoms with Crippen molar-refractivity contribution in [2.45, 2.75) is 4.90 Å². The molecule has 2 aromatic carbocycles. The Hall–Kier alpha value is -2.80. The van der Waals surface area contributed by atoms with Crippen molar-refractivity contribution in [3.8, 4) is 17.2 Å². The second-order valence-corrected chi connectivity index (χ2v) is 7.47. The summed E-state index contributed by atoms with van der Waals surface area (Å²) in [7, 11) is 1.20. The summed E-state index contributed by atoms with van der Waals surface area (Å²) in [6.07, 6.45) is 4.15. The minimum atomic E-state index is -3.25. The third-order valence-corrected chi connectivity index (χ3v) is 4.81. The Morgan fingerprint density at radius 1 is 0.923 bits per heavy atom. The number of allylic oxidation sites excluding steroid dienone is 1. The van der Waals surface area contributed by atoms with Gasteiger partial charge in [0.25, 0.3) is 0 Å². The molecule has 0 N–H and O–H groups in total. The van der Waals surface area contributed by atoms with E-state index in [2.05, 4.69) is 0 Å². The number of ether oxygens (including phenoxy) is 3. The van der Waals surface area contributed by atoms with Crippen LogP contribution in [0.1, 0.15) is 15.9 Å². The highest BCUT2D eigenvalue weighted by Gasteiger charge is 2.15. The fourth-order valence-corrected chi connectivity index (χ4v) is 2.95. The van der Waals surface area contributed by atoms with E-state index in [-0.39, 0.29) is 10.7 Å². The number of carbonyl (C=O) groups excluding carboxylic acids is 1. The van der Waals surface area contributed by atoms with E-state index >= 15 is 0 Å². The van der Waals surface area contributed by atoms with Crippen LogP contribution in [0.5, 0.6) is 17.2 Å². The molecular formula is C19H20O6S. The Labute approximate surface area is 152 Å². The Bertz CT molecular complexity index is 902. The van der Waals surface area contributed by atoms with Gasteiger partial charge in [0.15, 0.2) is 27.1 Å². The molecule has 2 rings (SSSR count). The van der Waals surface area contributed by atoms with E-state index in [4.69, 9.17) is 14.2 Å². The van der Waals surface area contributed by atoms with Gasteiger partial charge in [0.05, 0.1) is 26.2 Å². The van der Waals surface area contributed by atoms with E-state index in [1.165, 1.54) is 39.5 Å². The number of ketones is 1. The first kappa shape index (κ1) is 19.5. The molecule has 0 spiro atoms. The average Bonchev–Trinajstić information content (AvgIpc) is 2.64. The van der Waals surface area contributed by atoms with Gasteiger partial charge in [0.2, 0.25) is 5.75 Å². The van der Waals surface area contributed by atoms with E-state index < -0.39 is 9.84 Å². The van der Waals surface area contributed by atoms with Crippen LogP contribution in [0.25, 0.3) is 6.08 Å². The molecule has 0 saturated heterocycles. The molecule has 0 unspecified atom stereocenters. The van der Waals surface area contributed by atoms with E-state index in [1.807, 2.05) is 0 Å². The molecule has 0 aliphatic carbocycles. The Balaban J connectivity index is 2.28. The summed E-state index contributed by atoms with van der Waals surface area (Å²) in [5.41, 5.74) is 1.08. The van der Waals surface area contributed by atoms with Crippen LogP contribution in [-0.2, 0) is 9.84 Å². The van der Waals surface area contributed by atoms with Gasteiger partial charge in [-0.05, 0) is 35.9 Å². The number of hydrogen-bond acceptors (Lipinski definition) is 6. The fourth-order valence-electron chi connectivity index (χ4n) is 2.32. The maximum Gasteiger partial charge on any atom is 0.203 e. The second kappa shape index (κ2) is 8.05. The molecule has 0 amide bonds. The summed E-state index contributed by atoms with van der Waals surface area (Å²) in [6, 6.07) is 9.41. The zero-order valence-corrected chi connectivity index (χ0v) is 15.8. The number of benzene rings is 2. The van der Waals surface area contributed by atoms with Crippen molar-refractivity contribution in [3.63, 3.8) is 0 Å². The van der Waals surface area contributed by atoms with Crippen molar-refractivity contribution >= 4 is 21.7 Å². The first-order valence-corrected chi connectivity index (χ1v) is 9.52. The highest BCUT2D eigenvalue weighted by atomic mass is 32.2. The molecule has 6 nitrogen and oxygen atoms in total. The smallest absolute Gasteiger partial charge is 0.203 e. The lowest BCUT2D eigenvalue weighted by Crippen LogP contribution is -2.00. The van der Waals surface area contributed by atoms with Crippen LogP contribution in [0.4, 0.5) is 0 Å². The Kier molecular flexibility index (Phi) is 6.05. The first-order chi connectivity index (χ1) is 12.3. The molecule has 2 aromatic rings. The third kappa shape index (κ3) is 4.43. The van der Waals surface area contributed by atoms with Gasteiger partial charge in [-0.25, -0.2) is 8.42 Å². The maximum atomic E-state index is 12.4. The van der Waals surface area contributed by atoms with Crippen molar-refractivity contribution < 1.29 is 27.4 Å². The summed E-state index contributed by atoms with van der Waals surface area (Å²) < 4.78 is 38.6. The molecule has 26 heavy (non-hydrogen) atoms. The molecular weight excluding hydrogens is 356 g/mol. The lowest BCUT2D eigenvalue weighted by atomic mass is 10.1. The lowest BCUT2D eigenvalue weighted by Gasteiger charge is -2.13. The minimum Gasteiger partial charge on any atom is -0.493 e.